The second-order valence-electron chi connectivity index (χ2n) is 5.90. The van der Waals surface area contributed by atoms with E-state index in [1.807, 2.05) is 26.0 Å². The molecule has 4 aromatic rings. The number of fused-ring (bicyclic) bond motifs is 1. The molecule has 0 aliphatic carbocycles. The summed E-state index contributed by atoms with van der Waals surface area (Å²) >= 11 is 6.04. The van der Waals surface area contributed by atoms with E-state index in [2.05, 4.69) is 20.8 Å². The summed E-state index contributed by atoms with van der Waals surface area (Å²) in [6, 6.07) is 10.8. The number of amides is 1. The minimum Gasteiger partial charge on any atom is -0.451 e. The van der Waals surface area contributed by atoms with Gasteiger partial charge in [0.05, 0.1) is 5.69 Å². The van der Waals surface area contributed by atoms with Crippen LogP contribution in [0.2, 0.25) is 5.02 Å². The van der Waals surface area contributed by atoms with Gasteiger partial charge in [0, 0.05) is 21.7 Å². The normalized spacial score (nSPS) is 11.0. The van der Waals surface area contributed by atoms with E-state index >= 15 is 0 Å². The van der Waals surface area contributed by atoms with Crippen LogP contribution in [0, 0.1) is 13.8 Å². The number of tetrazole rings is 1. The zero-order valence-corrected chi connectivity index (χ0v) is 14.8. The van der Waals surface area contributed by atoms with Gasteiger partial charge < -0.3 is 9.73 Å². The van der Waals surface area contributed by atoms with Crippen LogP contribution in [0.5, 0.6) is 0 Å². The summed E-state index contributed by atoms with van der Waals surface area (Å²) in [4.78, 5) is 12.8. The molecule has 26 heavy (non-hydrogen) atoms. The predicted molar refractivity (Wildman–Crippen MR) is 97.8 cm³/mol. The molecular formula is C18H14ClN5O2. The van der Waals surface area contributed by atoms with E-state index in [9.17, 15) is 4.79 Å². The Kier molecular flexibility index (Phi) is 3.93. The average Bonchev–Trinajstić information content (AvgIpc) is 3.26. The van der Waals surface area contributed by atoms with Crippen LogP contribution in [0.4, 0.5) is 5.69 Å². The molecule has 2 aromatic heterocycles. The van der Waals surface area contributed by atoms with Crippen LogP contribution in [-0.4, -0.2) is 26.1 Å². The van der Waals surface area contributed by atoms with Gasteiger partial charge >= 0.3 is 0 Å². The molecule has 0 saturated carbocycles. The van der Waals surface area contributed by atoms with Crippen molar-refractivity contribution < 1.29 is 9.21 Å². The topological polar surface area (TPSA) is 85.8 Å². The molecule has 8 heteroatoms. The van der Waals surface area contributed by atoms with E-state index in [0.717, 1.165) is 22.2 Å². The summed E-state index contributed by atoms with van der Waals surface area (Å²) in [6.45, 7) is 3.74. The summed E-state index contributed by atoms with van der Waals surface area (Å²) < 4.78 is 7.24. The van der Waals surface area contributed by atoms with Gasteiger partial charge in [-0.25, -0.2) is 4.68 Å². The van der Waals surface area contributed by atoms with Gasteiger partial charge in [-0.05, 0) is 60.2 Å². The fourth-order valence-electron chi connectivity index (χ4n) is 2.76. The minimum absolute atomic E-state index is 0.259. The monoisotopic (exact) mass is 367 g/mol. The van der Waals surface area contributed by atoms with Crippen LogP contribution in [-0.2, 0) is 0 Å². The Morgan fingerprint density at radius 3 is 2.81 bits per heavy atom. The van der Waals surface area contributed by atoms with E-state index in [1.165, 1.54) is 11.0 Å². The highest BCUT2D eigenvalue weighted by atomic mass is 35.5. The van der Waals surface area contributed by atoms with Crippen molar-refractivity contribution in [2.75, 3.05) is 5.32 Å². The lowest BCUT2D eigenvalue weighted by atomic mass is 10.1. The fraction of sp³-hybridized carbons (Fsp3) is 0.111. The zero-order valence-electron chi connectivity index (χ0n) is 14.0. The van der Waals surface area contributed by atoms with Crippen LogP contribution in [0.25, 0.3) is 16.7 Å². The lowest BCUT2D eigenvalue weighted by Gasteiger charge is -2.09. The molecule has 0 atom stereocenters. The van der Waals surface area contributed by atoms with Gasteiger partial charge in [-0.1, -0.05) is 17.7 Å². The first-order valence-corrected chi connectivity index (χ1v) is 8.25. The molecule has 2 heterocycles. The first-order chi connectivity index (χ1) is 12.5. The third kappa shape index (κ3) is 2.82. The molecule has 0 radical (unpaired) electrons. The average molecular weight is 368 g/mol. The van der Waals surface area contributed by atoms with Crippen LogP contribution in [0.1, 0.15) is 21.7 Å². The highest BCUT2D eigenvalue weighted by Crippen LogP contribution is 2.29. The maximum atomic E-state index is 12.8. The highest BCUT2D eigenvalue weighted by molar-refractivity contribution is 6.31. The third-order valence-electron chi connectivity index (χ3n) is 4.19. The lowest BCUT2D eigenvalue weighted by Crippen LogP contribution is -2.13. The molecule has 0 bridgehead atoms. The maximum absolute atomic E-state index is 12.8. The third-order valence-corrected chi connectivity index (χ3v) is 4.42. The standard InChI is InChI=1S/C18H14ClN5O2/c1-10-3-5-13(24-9-20-22-23-24)8-15(10)21-18(25)17-11(2)14-7-12(19)4-6-16(14)26-17/h3-9H,1-2H3,(H,21,25). The smallest absolute Gasteiger partial charge is 0.291 e. The van der Waals surface area contributed by atoms with Crippen molar-refractivity contribution >= 4 is 34.2 Å². The second kappa shape index (κ2) is 6.27. The Hall–Kier alpha value is -3.19. The number of hydrogen-bond acceptors (Lipinski definition) is 5. The molecule has 0 aliphatic rings. The molecule has 0 aliphatic heterocycles. The van der Waals surface area contributed by atoms with Gasteiger partial charge in [-0.15, -0.1) is 5.10 Å². The number of anilines is 1. The number of carbonyl (C=O) groups excluding carboxylic acids is 1. The Balaban J connectivity index is 1.68. The van der Waals surface area contributed by atoms with E-state index < -0.39 is 0 Å². The van der Waals surface area contributed by atoms with Gasteiger partial charge in [-0.2, -0.15) is 0 Å². The Morgan fingerprint density at radius 2 is 2.04 bits per heavy atom. The number of hydrogen-bond donors (Lipinski definition) is 1. The quantitative estimate of drug-likeness (QED) is 0.593. The zero-order chi connectivity index (χ0) is 18.3. The minimum atomic E-state index is -0.327. The molecule has 0 unspecified atom stereocenters. The molecule has 4 rings (SSSR count). The number of furan rings is 1. The summed E-state index contributed by atoms with van der Waals surface area (Å²) in [5, 5.41) is 15.4. The highest BCUT2D eigenvalue weighted by Gasteiger charge is 2.19. The van der Waals surface area contributed by atoms with Gasteiger partial charge in [0.15, 0.2) is 5.76 Å². The lowest BCUT2D eigenvalue weighted by molar-refractivity contribution is 0.0998. The van der Waals surface area contributed by atoms with Crippen molar-refractivity contribution in [3.8, 4) is 5.69 Å². The number of aryl methyl sites for hydroxylation is 2. The van der Waals surface area contributed by atoms with Crippen molar-refractivity contribution in [2.45, 2.75) is 13.8 Å². The molecule has 2 aromatic carbocycles. The van der Waals surface area contributed by atoms with Crippen molar-refractivity contribution in [3.63, 3.8) is 0 Å². The van der Waals surface area contributed by atoms with E-state index in [4.69, 9.17) is 16.0 Å². The largest absolute Gasteiger partial charge is 0.451 e. The molecule has 1 amide bonds. The SMILES string of the molecule is Cc1ccc(-n2cnnn2)cc1NC(=O)c1oc2ccc(Cl)cc2c1C. The first kappa shape index (κ1) is 16.3. The molecule has 0 fully saturated rings. The van der Waals surface area contributed by atoms with Crippen LogP contribution >= 0.6 is 11.6 Å². The molecular weight excluding hydrogens is 354 g/mol. The van der Waals surface area contributed by atoms with Crippen molar-refractivity contribution in [1.29, 1.82) is 0 Å². The summed E-state index contributed by atoms with van der Waals surface area (Å²) in [5.41, 5.74) is 3.67. The van der Waals surface area contributed by atoms with Gasteiger partial charge in [0.2, 0.25) is 0 Å². The van der Waals surface area contributed by atoms with Crippen molar-refractivity contribution in [2.24, 2.45) is 0 Å². The summed E-state index contributed by atoms with van der Waals surface area (Å²) in [7, 11) is 0. The van der Waals surface area contributed by atoms with E-state index in [1.54, 1.807) is 24.3 Å². The Bertz CT molecular complexity index is 1120. The second-order valence-corrected chi connectivity index (χ2v) is 6.34. The first-order valence-electron chi connectivity index (χ1n) is 7.87. The number of carbonyl (C=O) groups is 1. The predicted octanol–water partition coefficient (Wildman–Crippen LogP) is 3.93. The number of benzene rings is 2. The molecule has 7 nitrogen and oxygen atoms in total. The molecule has 0 saturated heterocycles. The van der Waals surface area contributed by atoms with Crippen molar-refractivity contribution in [3.05, 3.63) is 64.6 Å². The fourth-order valence-corrected chi connectivity index (χ4v) is 2.93. The van der Waals surface area contributed by atoms with Gasteiger partial charge in [0.1, 0.15) is 11.9 Å². The van der Waals surface area contributed by atoms with E-state index in [-0.39, 0.29) is 11.7 Å². The summed E-state index contributed by atoms with van der Waals surface area (Å²) in [6.07, 6.45) is 1.49. The Labute approximate surface area is 153 Å². The van der Waals surface area contributed by atoms with Crippen LogP contribution in [0.15, 0.2) is 47.1 Å². The molecule has 1 N–H and O–H groups in total. The van der Waals surface area contributed by atoms with Crippen molar-refractivity contribution in [1.82, 2.24) is 20.2 Å². The number of halogens is 1. The maximum Gasteiger partial charge on any atom is 0.291 e. The van der Waals surface area contributed by atoms with Crippen LogP contribution < -0.4 is 5.32 Å². The number of aromatic nitrogens is 4. The summed E-state index contributed by atoms with van der Waals surface area (Å²) in [5.74, 6) is -0.0683. The van der Waals surface area contributed by atoms with Gasteiger partial charge in [0.25, 0.3) is 5.91 Å². The molecule has 130 valence electrons. The van der Waals surface area contributed by atoms with Crippen LogP contribution in [0.3, 0.4) is 0 Å². The number of nitrogens with zero attached hydrogens (tertiary/aromatic N) is 4. The Morgan fingerprint density at radius 1 is 1.19 bits per heavy atom. The number of rotatable bonds is 3. The number of nitrogens with one attached hydrogen (secondary N) is 1. The van der Waals surface area contributed by atoms with Gasteiger partial charge in [-0.3, -0.25) is 4.79 Å². The molecule has 0 spiro atoms. The van der Waals surface area contributed by atoms with E-state index in [0.29, 0.717) is 16.3 Å².